The van der Waals surface area contributed by atoms with E-state index in [1.165, 1.54) is 0 Å². The van der Waals surface area contributed by atoms with Gasteiger partial charge in [0.25, 0.3) is 0 Å². The first-order valence-corrected chi connectivity index (χ1v) is 6.44. The van der Waals surface area contributed by atoms with Gasteiger partial charge < -0.3 is 11.1 Å². The van der Waals surface area contributed by atoms with Gasteiger partial charge in [-0.25, -0.2) is 0 Å². The van der Waals surface area contributed by atoms with Crippen LogP contribution in [0, 0.1) is 5.92 Å². The molecule has 1 unspecified atom stereocenters. The number of nitrogens with one attached hydrogen (secondary N) is 1. The molecule has 0 saturated carbocycles. The number of carbonyl (C=O) groups excluding carboxylic acids is 1. The quantitative estimate of drug-likeness (QED) is 0.489. The van der Waals surface area contributed by atoms with Gasteiger partial charge >= 0.3 is 0 Å². The number of carbonyl (C=O) groups is 1. The second kappa shape index (κ2) is 8.80. The summed E-state index contributed by atoms with van der Waals surface area (Å²) in [6, 6.07) is -0.0363. The lowest BCUT2D eigenvalue weighted by atomic mass is 10.0. The Kier molecular flexibility index (Phi) is 8.52. The largest absolute Gasteiger partial charge is 0.355 e. The van der Waals surface area contributed by atoms with Crippen LogP contribution in [0.1, 0.15) is 20.3 Å². The van der Waals surface area contributed by atoms with Crippen molar-refractivity contribution in [1.82, 2.24) is 5.32 Å². The molecular weight excluding hydrogens is 208 g/mol. The normalized spacial score (nSPS) is 12.5. The molecular formula is C11H22N2OS. The van der Waals surface area contributed by atoms with Crippen LogP contribution in [0.15, 0.2) is 12.7 Å². The van der Waals surface area contributed by atoms with Gasteiger partial charge in [0.05, 0.1) is 0 Å². The van der Waals surface area contributed by atoms with Crippen molar-refractivity contribution in [1.29, 1.82) is 0 Å². The maximum atomic E-state index is 11.4. The highest BCUT2D eigenvalue weighted by atomic mass is 32.2. The van der Waals surface area contributed by atoms with Crippen LogP contribution < -0.4 is 11.1 Å². The van der Waals surface area contributed by atoms with E-state index in [0.717, 1.165) is 11.5 Å². The van der Waals surface area contributed by atoms with Gasteiger partial charge in [-0.15, -0.1) is 6.58 Å². The molecule has 0 fully saturated rings. The molecule has 0 aliphatic heterocycles. The topological polar surface area (TPSA) is 55.1 Å². The van der Waals surface area contributed by atoms with Crippen LogP contribution in [-0.2, 0) is 4.79 Å². The average Bonchev–Trinajstić information content (AvgIpc) is 2.17. The molecule has 0 radical (unpaired) electrons. The van der Waals surface area contributed by atoms with Gasteiger partial charge in [0, 0.05) is 30.5 Å². The van der Waals surface area contributed by atoms with Crippen molar-refractivity contribution in [3.63, 3.8) is 0 Å². The van der Waals surface area contributed by atoms with E-state index < -0.39 is 0 Å². The molecule has 15 heavy (non-hydrogen) atoms. The first-order chi connectivity index (χ1) is 7.07. The molecule has 0 aliphatic rings. The molecule has 3 nitrogen and oxygen atoms in total. The number of thioether (sulfide) groups is 1. The summed E-state index contributed by atoms with van der Waals surface area (Å²) in [5.41, 5.74) is 5.79. The molecule has 1 amide bonds. The van der Waals surface area contributed by atoms with Gasteiger partial charge in [-0.3, -0.25) is 4.79 Å². The van der Waals surface area contributed by atoms with E-state index >= 15 is 0 Å². The van der Waals surface area contributed by atoms with Crippen molar-refractivity contribution >= 4 is 17.7 Å². The zero-order valence-electron chi connectivity index (χ0n) is 9.66. The van der Waals surface area contributed by atoms with Crippen molar-refractivity contribution in [2.45, 2.75) is 26.3 Å². The molecule has 0 bridgehead atoms. The summed E-state index contributed by atoms with van der Waals surface area (Å²) in [4.78, 5) is 11.4. The Labute approximate surface area is 96.9 Å². The van der Waals surface area contributed by atoms with Gasteiger partial charge in [0.1, 0.15) is 0 Å². The van der Waals surface area contributed by atoms with E-state index in [0.29, 0.717) is 18.9 Å². The number of hydrogen-bond donors (Lipinski definition) is 2. The Hall–Kier alpha value is -0.480. The van der Waals surface area contributed by atoms with Gasteiger partial charge in [0.2, 0.25) is 5.91 Å². The highest BCUT2D eigenvalue weighted by molar-refractivity contribution is 7.99. The minimum absolute atomic E-state index is 0.0363. The van der Waals surface area contributed by atoms with E-state index in [2.05, 4.69) is 11.9 Å². The lowest BCUT2D eigenvalue weighted by Crippen LogP contribution is -2.35. The van der Waals surface area contributed by atoms with E-state index in [-0.39, 0.29) is 11.9 Å². The SMILES string of the molecule is C=CCSCCNC(=O)CC(N)C(C)C. The fourth-order valence-electron chi connectivity index (χ4n) is 0.951. The first-order valence-electron chi connectivity index (χ1n) is 5.28. The molecule has 1 atom stereocenters. The summed E-state index contributed by atoms with van der Waals surface area (Å²) in [6.45, 7) is 8.39. The molecule has 0 aromatic heterocycles. The molecule has 0 rings (SSSR count). The summed E-state index contributed by atoms with van der Waals surface area (Å²) in [6.07, 6.45) is 2.28. The number of nitrogens with two attached hydrogens (primary N) is 1. The van der Waals surface area contributed by atoms with Crippen molar-refractivity contribution in [2.24, 2.45) is 11.7 Å². The van der Waals surface area contributed by atoms with Gasteiger partial charge in [-0.1, -0.05) is 19.9 Å². The van der Waals surface area contributed by atoms with Crippen molar-refractivity contribution < 1.29 is 4.79 Å². The molecule has 0 heterocycles. The number of amides is 1. The van der Waals surface area contributed by atoms with E-state index in [9.17, 15) is 4.79 Å². The fraction of sp³-hybridized carbons (Fsp3) is 0.727. The molecule has 88 valence electrons. The lowest BCUT2D eigenvalue weighted by molar-refractivity contribution is -0.121. The minimum atomic E-state index is -0.0363. The minimum Gasteiger partial charge on any atom is -0.355 e. The zero-order chi connectivity index (χ0) is 11.7. The Balaban J connectivity index is 3.45. The predicted octanol–water partition coefficient (Wildman–Crippen LogP) is 1.40. The molecule has 0 aliphatic carbocycles. The fourth-order valence-corrected chi connectivity index (χ4v) is 1.53. The molecule has 4 heteroatoms. The van der Waals surface area contributed by atoms with Crippen LogP contribution in [0.25, 0.3) is 0 Å². The number of hydrogen-bond acceptors (Lipinski definition) is 3. The Morgan fingerprint density at radius 1 is 1.60 bits per heavy atom. The summed E-state index contributed by atoms with van der Waals surface area (Å²) < 4.78 is 0. The first kappa shape index (κ1) is 14.5. The summed E-state index contributed by atoms with van der Waals surface area (Å²) in [5, 5.41) is 2.85. The van der Waals surface area contributed by atoms with Crippen LogP contribution in [-0.4, -0.2) is 30.0 Å². The van der Waals surface area contributed by atoms with E-state index in [1.54, 1.807) is 11.8 Å². The average molecular weight is 230 g/mol. The molecule has 0 aromatic rings. The van der Waals surface area contributed by atoms with Crippen LogP contribution in [0.4, 0.5) is 0 Å². The standard InChI is InChI=1S/C11H22N2OS/c1-4-6-15-7-5-13-11(14)8-10(12)9(2)3/h4,9-10H,1,5-8,12H2,2-3H3,(H,13,14). The monoisotopic (exact) mass is 230 g/mol. The molecule has 0 saturated heterocycles. The van der Waals surface area contributed by atoms with Gasteiger partial charge in [-0.2, -0.15) is 11.8 Å². The van der Waals surface area contributed by atoms with Crippen LogP contribution >= 0.6 is 11.8 Å². The Morgan fingerprint density at radius 3 is 2.80 bits per heavy atom. The summed E-state index contributed by atoms with van der Waals surface area (Å²) >= 11 is 1.76. The maximum Gasteiger partial charge on any atom is 0.221 e. The van der Waals surface area contributed by atoms with Crippen molar-refractivity contribution in [3.05, 3.63) is 12.7 Å². The highest BCUT2D eigenvalue weighted by Gasteiger charge is 2.11. The number of rotatable bonds is 8. The van der Waals surface area contributed by atoms with Crippen molar-refractivity contribution in [3.8, 4) is 0 Å². The Bertz CT molecular complexity index is 195. The highest BCUT2D eigenvalue weighted by Crippen LogP contribution is 2.02. The lowest BCUT2D eigenvalue weighted by Gasteiger charge is -2.14. The van der Waals surface area contributed by atoms with Crippen LogP contribution in [0.2, 0.25) is 0 Å². The van der Waals surface area contributed by atoms with Gasteiger partial charge in [-0.05, 0) is 5.92 Å². The van der Waals surface area contributed by atoms with E-state index in [1.807, 2.05) is 19.9 Å². The predicted molar refractivity (Wildman–Crippen MR) is 68.0 cm³/mol. The van der Waals surface area contributed by atoms with Crippen LogP contribution in [0.5, 0.6) is 0 Å². The van der Waals surface area contributed by atoms with Gasteiger partial charge in [0.15, 0.2) is 0 Å². The van der Waals surface area contributed by atoms with E-state index in [4.69, 9.17) is 5.73 Å². The maximum absolute atomic E-state index is 11.4. The third-order valence-corrected chi connectivity index (χ3v) is 3.05. The summed E-state index contributed by atoms with van der Waals surface area (Å²) in [7, 11) is 0. The molecule has 3 N–H and O–H groups in total. The Morgan fingerprint density at radius 2 is 2.27 bits per heavy atom. The summed E-state index contributed by atoms with van der Waals surface area (Å²) in [5.74, 6) is 2.26. The second-order valence-electron chi connectivity index (χ2n) is 3.83. The second-order valence-corrected chi connectivity index (χ2v) is 4.98. The van der Waals surface area contributed by atoms with Crippen molar-refractivity contribution in [2.75, 3.05) is 18.1 Å². The molecule has 0 spiro atoms. The molecule has 0 aromatic carbocycles. The van der Waals surface area contributed by atoms with Crippen LogP contribution in [0.3, 0.4) is 0 Å². The third-order valence-electron chi connectivity index (χ3n) is 2.08. The smallest absolute Gasteiger partial charge is 0.221 e. The zero-order valence-corrected chi connectivity index (χ0v) is 10.5. The third kappa shape index (κ3) is 8.51.